The fourth-order valence-electron chi connectivity index (χ4n) is 1.37. The second-order valence-electron chi connectivity index (χ2n) is 3.56. The lowest BCUT2D eigenvalue weighted by atomic mass is 10.0. The predicted molar refractivity (Wildman–Crippen MR) is 60.1 cm³/mol. The molecular formula is C11H16N2O3. The molecule has 2 atom stereocenters. The molecule has 88 valence electrons. The van der Waals surface area contributed by atoms with Crippen LogP contribution in [-0.2, 0) is 0 Å². The van der Waals surface area contributed by atoms with E-state index in [4.69, 9.17) is 16.2 Å². The minimum atomic E-state index is -1.03. The summed E-state index contributed by atoms with van der Waals surface area (Å²) < 4.78 is 0. The van der Waals surface area contributed by atoms with Crippen molar-refractivity contribution in [2.24, 2.45) is 5.73 Å². The van der Waals surface area contributed by atoms with E-state index in [-0.39, 0.29) is 18.9 Å². The molecule has 0 radical (unpaired) electrons. The molecule has 0 bridgehead atoms. The molecule has 5 nitrogen and oxygen atoms in total. The standard InChI is InChI=1S/C11H16N2O3/c12-11(13)8-3-1-7(2-4-8)10(16)9(15)5-6-14/h1-4,9-10,14-16H,5-6H2,(H3,12,13). The van der Waals surface area contributed by atoms with Crippen molar-refractivity contribution in [2.45, 2.75) is 18.6 Å². The zero-order chi connectivity index (χ0) is 12.1. The SMILES string of the molecule is N=C(N)c1ccc(C(O)C(O)CCO)cc1. The molecule has 1 aromatic rings. The van der Waals surface area contributed by atoms with Crippen molar-refractivity contribution >= 4 is 5.84 Å². The molecule has 0 aliphatic rings. The average Bonchev–Trinajstić information content (AvgIpc) is 2.28. The Bertz CT molecular complexity index is 351. The summed E-state index contributed by atoms with van der Waals surface area (Å²) >= 11 is 0. The van der Waals surface area contributed by atoms with E-state index in [0.29, 0.717) is 11.1 Å². The van der Waals surface area contributed by atoms with Crippen LogP contribution in [0.15, 0.2) is 24.3 Å². The summed E-state index contributed by atoms with van der Waals surface area (Å²) in [6.07, 6.45) is -1.91. The third-order valence-corrected chi connectivity index (χ3v) is 2.35. The van der Waals surface area contributed by atoms with E-state index in [1.54, 1.807) is 24.3 Å². The molecule has 2 unspecified atom stereocenters. The largest absolute Gasteiger partial charge is 0.396 e. The van der Waals surface area contributed by atoms with Crippen LogP contribution in [0.1, 0.15) is 23.7 Å². The maximum atomic E-state index is 9.70. The van der Waals surface area contributed by atoms with Gasteiger partial charge in [-0.2, -0.15) is 0 Å². The molecule has 0 saturated carbocycles. The molecule has 0 aliphatic carbocycles. The summed E-state index contributed by atoms with van der Waals surface area (Å²) in [5.74, 6) is -0.0445. The highest BCUT2D eigenvalue weighted by atomic mass is 16.3. The highest BCUT2D eigenvalue weighted by Gasteiger charge is 2.17. The van der Waals surface area contributed by atoms with Crippen molar-refractivity contribution in [3.8, 4) is 0 Å². The number of aliphatic hydroxyl groups excluding tert-OH is 3. The highest BCUT2D eigenvalue weighted by Crippen LogP contribution is 2.19. The minimum Gasteiger partial charge on any atom is -0.396 e. The van der Waals surface area contributed by atoms with Gasteiger partial charge in [-0.1, -0.05) is 24.3 Å². The molecular weight excluding hydrogens is 208 g/mol. The van der Waals surface area contributed by atoms with Crippen molar-refractivity contribution in [1.82, 2.24) is 0 Å². The second-order valence-corrected chi connectivity index (χ2v) is 3.56. The number of nitrogens with one attached hydrogen (secondary N) is 1. The third kappa shape index (κ3) is 3.03. The molecule has 0 amide bonds. The van der Waals surface area contributed by atoms with Crippen molar-refractivity contribution in [2.75, 3.05) is 6.61 Å². The van der Waals surface area contributed by atoms with Crippen LogP contribution >= 0.6 is 0 Å². The van der Waals surface area contributed by atoms with Gasteiger partial charge in [0.2, 0.25) is 0 Å². The van der Waals surface area contributed by atoms with Crippen molar-refractivity contribution in [3.63, 3.8) is 0 Å². The van der Waals surface area contributed by atoms with Crippen molar-refractivity contribution in [1.29, 1.82) is 5.41 Å². The van der Waals surface area contributed by atoms with Gasteiger partial charge >= 0.3 is 0 Å². The molecule has 0 heterocycles. The Hall–Kier alpha value is -1.43. The highest BCUT2D eigenvalue weighted by molar-refractivity contribution is 5.94. The van der Waals surface area contributed by atoms with Gasteiger partial charge < -0.3 is 21.1 Å². The number of nitrogen functional groups attached to an aromatic ring is 1. The molecule has 16 heavy (non-hydrogen) atoms. The molecule has 1 rings (SSSR count). The Kier molecular flexibility index (Phi) is 4.42. The lowest BCUT2D eigenvalue weighted by molar-refractivity contribution is 0.00422. The van der Waals surface area contributed by atoms with Gasteiger partial charge in [0.05, 0.1) is 6.10 Å². The number of amidine groups is 1. The minimum absolute atomic E-state index is 0.0445. The number of aliphatic hydroxyl groups is 3. The van der Waals surface area contributed by atoms with Gasteiger partial charge in [0.1, 0.15) is 11.9 Å². The van der Waals surface area contributed by atoms with Gasteiger partial charge in [0.15, 0.2) is 0 Å². The quantitative estimate of drug-likeness (QED) is 0.351. The molecule has 0 saturated heterocycles. The van der Waals surface area contributed by atoms with E-state index in [0.717, 1.165) is 0 Å². The van der Waals surface area contributed by atoms with E-state index in [1.165, 1.54) is 0 Å². The Morgan fingerprint density at radius 2 is 1.81 bits per heavy atom. The third-order valence-electron chi connectivity index (χ3n) is 2.35. The first-order valence-corrected chi connectivity index (χ1v) is 4.97. The van der Waals surface area contributed by atoms with Crippen LogP contribution in [0.25, 0.3) is 0 Å². The Balaban J connectivity index is 2.77. The van der Waals surface area contributed by atoms with Crippen LogP contribution in [0, 0.1) is 5.41 Å². The molecule has 0 aliphatic heterocycles. The zero-order valence-electron chi connectivity index (χ0n) is 8.80. The van der Waals surface area contributed by atoms with Crippen LogP contribution in [0.3, 0.4) is 0 Å². The van der Waals surface area contributed by atoms with Gasteiger partial charge in [0.25, 0.3) is 0 Å². The number of nitrogens with two attached hydrogens (primary N) is 1. The smallest absolute Gasteiger partial charge is 0.122 e. The average molecular weight is 224 g/mol. The fraction of sp³-hybridized carbons (Fsp3) is 0.364. The van der Waals surface area contributed by atoms with Crippen LogP contribution < -0.4 is 5.73 Å². The number of rotatable bonds is 5. The Labute approximate surface area is 93.7 Å². The molecule has 1 aromatic carbocycles. The second kappa shape index (κ2) is 5.60. The predicted octanol–water partition coefficient (Wildman–Crippen LogP) is -0.253. The summed E-state index contributed by atoms with van der Waals surface area (Å²) in [5.41, 5.74) is 6.38. The van der Waals surface area contributed by atoms with Crippen molar-refractivity contribution < 1.29 is 15.3 Å². The molecule has 0 fully saturated rings. The molecule has 5 heteroatoms. The van der Waals surface area contributed by atoms with Crippen LogP contribution in [0.2, 0.25) is 0 Å². The molecule has 0 spiro atoms. The van der Waals surface area contributed by atoms with E-state index < -0.39 is 12.2 Å². The summed E-state index contributed by atoms with van der Waals surface area (Å²) in [4.78, 5) is 0. The van der Waals surface area contributed by atoms with E-state index in [9.17, 15) is 10.2 Å². The number of hydrogen-bond acceptors (Lipinski definition) is 4. The first kappa shape index (κ1) is 12.6. The Morgan fingerprint density at radius 3 is 2.25 bits per heavy atom. The normalized spacial score (nSPS) is 14.4. The maximum absolute atomic E-state index is 9.70. The summed E-state index contributed by atoms with van der Waals surface area (Å²) in [5, 5.41) is 35.0. The maximum Gasteiger partial charge on any atom is 0.122 e. The van der Waals surface area contributed by atoms with E-state index in [1.807, 2.05) is 0 Å². The first-order chi connectivity index (χ1) is 7.56. The van der Waals surface area contributed by atoms with E-state index in [2.05, 4.69) is 0 Å². The van der Waals surface area contributed by atoms with E-state index >= 15 is 0 Å². The topological polar surface area (TPSA) is 111 Å². The summed E-state index contributed by atoms with van der Waals surface area (Å²) in [6.45, 7) is -0.177. The fourth-order valence-corrected chi connectivity index (χ4v) is 1.37. The lowest BCUT2D eigenvalue weighted by Crippen LogP contribution is -2.19. The van der Waals surface area contributed by atoms with Gasteiger partial charge in [-0.15, -0.1) is 0 Å². The number of hydrogen-bond donors (Lipinski definition) is 5. The monoisotopic (exact) mass is 224 g/mol. The van der Waals surface area contributed by atoms with Crippen LogP contribution in [-0.4, -0.2) is 33.9 Å². The Morgan fingerprint density at radius 1 is 1.25 bits per heavy atom. The summed E-state index contributed by atoms with van der Waals surface area (Å²) in [6, 6.07) is 6.41. The number of benzene rings is 1. The van der Waals surface area contributed by atoms with Crippen molar-refractivity contribution in [3.05, 3.63) is 35.4 Å². The summed E-state index contributed by atoms with van der Waals surface area (Å²) in [7, 11) is 0. The van der Waals surface area contributed by atoms with Gasteiger partial charge in [-0.25, -0.2) is 0 Å². The lowest BCUT2D eigenvalue weighted by Gasteiger charge is -2.17. The molecule has 6 N–H and O–H groups in total. The molecule has 0 aromatic heterocycles. The van der Waals surface area contributed by atoms with Crippen LogP contribution in [0.5, 0.6) is 0 Å². The van der Waals surface area contributed by atoms with Crippen LogP contribution in [0.4, 0.5) is 0 Å². The zero-order valence-corrected chi connectivity index (χ0v) is 8.80. The van der Waals surface area contributed by atoms with Gasteiger partial charge in [0, 0.05) is 12.2 Å². The van der Waals surface area contributed by atoms with Gasteiger partial charge in [-0.05, 0) is 12.0 Å². The van der Waals surface area contributed by atoms with Gasteiger partial charge in [-0.3, -0.25) is 5.41 Å². The first-order valence-electron chi connectivity index (χ1n) is 4.97.